The number of benzene rings is 1. The minimum atomic E-state index is 0.507. The molecule has 0 atom stereocenters. The van der Waals surface area contributed by atoms with Crippen LogP contribution in [0.5, 0.6) is 0 Å². The minimum absolute atomic E-state index is 0.507. The van der Waals surface area contributed by atoms with Gasteiger partial charge in [-0.3, -0.25) is 0 Å². The van der Waals surface area contributed by atoms with Crippen LogP contribution in [0.2, 0.25) is 0 Å². The molecule has 0 unspecified atom stereocenters. The average molecular weight is 212 g/mol. The van der Waals surface area contributed by atoms with Gasteiger partial charge in [0.25, 0.3) is 0 Å². The monoisotopic (exact) mass is 212 g/mol. The van der Waals surface area contributed by atoms with E-state index >= 15 is 0 Å². The van der Waals surface area contributed by atoms with Gasteiger partial charge in [-0.15, -0.1) is 0 Å². The summed E-state index contributed by atoms with van der Waals surface area (Å²) in [6.07, 6.45) is 2.24. The summed E-state index contributed by atoms with van der Waals surface area (Å²) in [5.74, 6) is 0. The van der Waals surface area contributed by atoms with Gasteiger partial charge in [-0.1, -0.05) is 18.2 Å². The molecule has 0 aliphatic heterocycles. The molecular weight excluding hydrogens is 200 g/mol. The SMILES string of the molecule is CN(CCC#N)c1cnnc2ccccc12. The molecule has 1 aromatic heterocycles. The van der Waals surface area contributed by atoms with Gasteiger partial charge in [0.2, 0.25) is 0 Å². The molecular formula is C12H12N4. The maximum Gasteiger partial charge on any atom is 0.0950 e. The third-order valence-corrected chi connectivity index (χ3v) is 2.50. The Morgan fingerprint density at radius 3 is 3.00 bits per heavy atom. The number of fused-ring (bicyclic) bond motifs is 1. The summed E-state index contributed by atoms with van der Waals surface area (Å²) in [6.45, 7) is 0.701. The van der Waals surface area contributed by atoms with Crippen LogP contribution in [0.1, 0.15) is 6.42 Å². The third-order valence-electron chi connectivity index (χ3n) is 2.50. The van der Waals surface area contributed by atoms with E-state index in [0.717, 1.165) is 16.6 Å². The highest BCUT2D eigenvalue weighted by atomic mass is 15.1. The number of aromatic nitrogens is 2. The fourth-order valence-corrected chi connectivity index (χ4v) is 1.64. The summed E-state index contributed by atoms with van der Waals surface area (Å²) < 4.78 is 0. The second-order valence-electron chi connectivity index (χ2n) is 3.58. The summed E-state index contributed by atoms with van der Waals surface area (Å²) >= 11 is 0. The van der Waals surface area contributed by atoms with E-state index in [4.69, 9.17) is 5.26 Å². The lowest BCUT2D eigenvalue weighted by Gasteiger charge is -2.18. The van der Waals surface area contributed by atoms with Crippen LogP contribution in [-0.4, -0.2) is 23.8 Å². The molecule has 0 radical (unpaired) electrons. The van der Waals surface area contributed by atoms with Crippen molar-refractivity contribution in [3.8, 4) is 6.07 Å². The van der Waals surface area contributed by atoms with Crippen LogP contribution in [0.25, 0.3) is 10.9 Å². The molecule has 2 rings (SSSR count). The molecule has 0 amide bonds. The van der Waals surface area contributed by atoms with Crippen molar-refractivity contribution in [2.45, 2.75) is 6.42 Å². The van der Waals surface area contributed by atoms with Crippen LogP contribution in [-0.2, 0) is 0 Å². The average Bonchev–Trinajstić information content (AvgIpc) is 2.35. The summed E-state index contributed by atoms with van der Waals surface area (Å²) in [5, 5.41) is 17.7. The van der Waals surface area contributed by atoms with Gasteiger partial charge in [-0.05, 0) is 6.07 Å². The van der Waals surface area contributed by atoms with E-state index in [2.05, 4.69) is 16.3 Å². The van der Waals surface area contributed by atoms with Gasteiger partial charge in [0.1, 0.15) is 0 Å². The highest BCUT2D eigenvalue weighted by Crippen LogP contribution is 2.22. The Morgan fingerprint density at radius 1 is 1.38 bits per heavy atom. The van der Waals surface area contributed by atoms with Crippen molar-refractivity contribution in [1.29, 1.82) is 5.26 Å². The zero-order chi connectivity index (χ0) is 11.4. The van der Waals surface area contributed by atoms with Gasteiger partial charge in [-0.25, -0.2) is 0 Å². The molecule has 0 N–H and O–H groups in total. The molecule has 1 heterocycles. The first-order valence-electron chi connectivity index (χ1n) is 5.11. The van der Waals surface area contributed by atoms with Crippen LogP contribution >= 0.6 is 0 Å². The van der Waals surface area contributed by atoms with Gasteiger partial charge in [-0.2, -0.15) is 15.5 Å². The Morgan fingerprint density at radius 2 is 2.19 bits per heavy atom. The molecule has 0 saturated carbocycles. The van der Waals surface area contributed by atoms with Crippen molar-refractivity contribution >= 4 is 16.6 Å². The van der Waals surface area contributed by atoms with Gasteiger partial charge >= 0.3 is 0 Å². The predicted octanol–water partition coefficient (Wildman–Crippen LogP) is 1.98. The Kier molecular flexibility index (Phi) is 2.97. The minimum Gasteiger partial charge on any atom is -0.372 e. The number of hydrogen-bond acceptors (Lipinski definition) is 4. The quantitative estimate of drug-likeness (QED) is 0.780. The first-order chi connectivity index (χ1) is 7.83. The topological polar surface area (TPSA) is 52.8 Å². The highest BCUT2D eigenvalue weighted by Gasteiger charge is 2.06. The van der Waals surface area contributed by atoms with E-state index in [9.17, 15) is 0 Å². The van der Waals surface area contributed by atoms with Crippen molar-refractivity contribution in [3.63, 3.8) is 0 Å². The van der Waals surface area contributed by atoms with Crippen LogP contribution in [0.3, 0.4) is 0 Å². The number of nitrogens with zero attached hydrogens (tertiary/aromatic N) is 4. The fourth-order valence-electron chi connectivity index (χ4n) is 1.64. The fraction of sp³-hybridized carbons (Fsp3) is 0.250. The van der Waals surface area contributed by atoms with E-state index in [1.807, 2.05) is 36.2 Å². The number of rotatable bonds is 3. The predicted molar refractivity (Wildman–Crippen MR) is 63.0 cm³/mol. The lowest BCUT2D eigenvalue weighted by atomic mass is 10.2. The lowest BCUT2D eigenvalue weighted by molar-refractivity contribution is 0.899. The molecule has 4 heteroatoms. The van der Waals surface area contributed by atoms with Gasteiger partial charge in [0, 0.05) is 19.0 Å². The smallest absolute Gasteiger partial charge is 0.0950 e. The molecule has 4 nitrogen and oxygen atoms in total. The first-order valence-corrected chi connectivity index (χ1v) is 5.11. The Hall–Kier alpha value is -2.15. The van der Waals surface area contributed by atoms with Crippen molar-refractivity contribution in [3.05, 3.63) is 30.5 Å². The molecule has 16 heavy (non-hydrogen) atoms. The number of nitriles is 1. The van der Waals surface area contributed by atoms with Crippen molar-refractivity contribution in [2.24, 2.45) is 0 Å². The van der Waals surface area contributed by atoms with Crippen molar-refractivity contribution in [2.75, 3.05) is 18.5 Å². The second kappa shape index (κ2) is 4.58. The second-order valence-corrected chi connectivity index (χ2v) is 3.58. The summed E-state index contributed by atoms with van der Waals surface area (Å²) in [5.41, 5.74) is 1.89. The van der Waals surface area contributed by atoms with E-state index in [0.29, 0.717) is 13.0 Å². The maximum absolute atomic E-state index is 8.57. The molecule has 0 fully saturated rings. The number of anilines is 1. The van der Waals surface area contributed by atoms with Crippen LogP contribution in [0.15, 0.2) is 30.5 Å². The van der Waals surface area contributed by atoms with Crippen molar-refractivity contribution in [1.82, 2.24) is 10.2 Å². The Labute approximate surface area is 94.1 Å². The standard InChI is InChI=1S/C12H12N4/c1-16(8-4-7-13)12-9-14-15-11-6-3-2-5-10(11)12/h2-3,5-6,9H,4,8H2,1H3. The molecule has 80 valence electrons. The van der Waals surface area contributed by atoms with E-state index in [-0.39, 0.29) is 0 Å². The molecule has 1 aromatic carbocycles. The van der Waals surface area contributed by atoms with E-state index < -0.39 is 0 Å². The third kappa shape index (κ3) is 1.94. The van der Waals surface area contributed by atoms with Crippen LogP contribution < -0.4 is 4.90 Å². The zero-order valence-corrected chi connectivity index (χ0v) is 9.09. The highest BCUT2D eigenvalue weighted by molar-refractivity contribution is 5.90. The Bertz CT molecular complexity index is 525. The summed E-state index contributed by atoms with van der Waals surface area (Å²) in [6, 6.07) is 10.0. The normalized spacial score (nSPS) is 10.0. The summed E-state index contributed by atoms with van der Waals surface area (Å²) in [4.78, 5) is 2.03. The number of hydrogen-bond donors (Lipinski definition) is 0. The molecule has 0 spiro atoms. The van der Waals surface area contributed by atoms with Gasteiger partial charge in [0.05, 0.1) is 29.9 Å². The summed E-state index contributed by atoms with van der Waals surface area (Å²) in [7, 11) is 1.96. The zero-order valence-electron chi connectivity index (χ0n) is 9.09. The molecule has 0 aliphatic carbocycles. The molecule has 0 saturated heterocycles. The van der Waals surface area contributed by atoms with E-state index in [1.54, 1.807) is 6.20 Å². The van der Waals surface area contributed by atoms with Crippen LogP contribution in [0, 0.1) is 11.3 Å². The van der Waals surface area contributed by atoms with Gasteiger partial charge in [0.15, 0.2) is 0 Å². The molecule has 0 aliphatic rings. The molecule has 0 bridgehead atoms. The largest absolute Gasteiger partial charge is 0.372 e. The first kappa shape index (κ1) is 10.4. The Balaban J connectivity index is 2.40. The van der Waals surface area contributed by atoms with Crippen molar-refractivity contribution < 1.29 is 0 Å². The maximum atomic E-state index is 8.57. The van der Waals surface area contributed by atoms with Gasteiger partial charge < -0.3 is 4.90 Å². The van der Waals surface area contributed by atoms with Crippen LogP contribution in [0.4, 0.5) is 5.69 Å². The molecule has 2 aromatic rings. The van der Waals surface area contributed by atoms with E-state index in [1.165, 1.54) is 0 Å². The lowest BCUT2D eigenvalue weighted by Crippen LogP contribution is -2.18.